The Morgan fingerprint density at radius 1 is 1.17 bits per heavy atom. The molecule has 0 fully saturated rings. The molecular weight excluding hydrogens is 387 g/mol. The van der Waals surface area contributed by atoms with Gasteiger partial charge in [-0.3, -0.25) is 0 Å². The zero-order valence-electron chi connectivity index (χ0n) is 17.5. The van der Waals surface area contributed by atoms with Crippen molar-refractivity contribution in [3.8, 4) is 5.75 Å². The van der Waals surface area contributed by atoms with E-state index in [2.05, 4.69) is 21.5 Å². The Morgan fingerprint density at radius 3 is 2.60 bits per heavy atom. The van der Waals surface area contributed by atoms with Crippen LogP contribution in [0.3, 0.4) is 0 Å². The molecule has 1 heterocycles. The molecule has 0 saturated carbocycles. The average molecular weight is 412 g/mol. The van der Waals surface area contributed by atoms with Gasteiger partial charge in [-0.15, -0.1) is 0 Å². The number of aromatic nitrogens is 2. The third kappa shape index (κ3) is 5.79. The summed E-state index contributed by atoms with van der Waals surface area (Å²) in [5.41, 5.74) is 3.16. The van der Waals surface area contributed by atoms with Gasteiger partial charge in [0.1, 0.15) is 11.6 Å². The standard InChI is InChI=1S/C22H25FN4O3/c1-14-9-15(2)11-18(10-14)29-13-21-25-20(26-30-21)7-8-27(4)22(28)24-17-6-5-16(3)19(23)12-17/h5-6,9-12H,7-8,13H2,1-4H3,(H,24,28). The summed E-state index contributed by atoms with van der Waals surface area (Å²) in [5.74, 6) is 1.23. The monoisotopic (exact) mass is 412 g/mol. The summed E-state index contributed by atoms with van der Waals surface area (Å²) in [5, 5.41) is 6.59. The molecule has 0 saturated heterocycles. The van der Waals surface area contributed by atoms with Gasteiger partial charge in [0, 0.05) is 25.7 Å². The molecule has 8 heteroatoms. The molecule has 2 aromatic carbocycles. The molecule has 7 nitrogen and oxygen atoms in total. The molecule has 158 valence electrons. The molecule has 0 aliphatic carbocycles. The molecule has 0 aliphatic heterocycles. The molecule has 0 aliphatic rings. The van der Waals surface area contributed by atoms with E-state index in [1.807, 2.05) is 26.0 Å². The number of halogens is 1. The van der Waals surface area contributed by atoms with Gasteiger partial charge in [-0.25, -0.2) is 9.18 Å². The van der Waals surface area contributed by atoms with E-state index in [0.29, 0.717) is 35.9 Å². The fraction of sp³-hybridized carbons (Fsp3) is 0.318. The number of rotatable bonds is 7. The van der Waals surface area contributed by atoms with Crippen LogP contribution in [0.25, 0.3) is 0 Å². The van der Waals surface area contributed by atoms with Crippen LogP contribution >= 0.6 is 0 Å². The van der Waals surface area contributed by atoms with Gasteiger partial charge >= 0.3 is 6.03 Å². The number of nitrogens with one attached hydrogen (secondary N) is 1. The smallest absolute Gasteiger partial charge is 0.321 e. The minimum atomic E-state index is -0.363. The number of carbonyl (C=O) groups is 1. The number of aryl methyl sites for hydroxylation is 3. The first kappa shape index (κ1) is 21.3. The minimum absolute atomic E-state index is 0.172. The number of nitrogens with zero attached hydrogens (tertiary/aromatic N) is 3. The van der Waals surface area contributed by atoms with Crippen LogP contribution in [0.1, 0.15) is 28.4 Å². The predicted octanol–water partition coefficient (Wildman–Crippen LogP) is 4.42. The highest BCUT2D eigenvalue weighted by atomic mass is 19.1. The number of likely N-dealkylation sites (N-methyl/N-ethyl adjacent to an activating group) is 1. The molecule has 3 rings (SSSR count). The third-order valence-electron chi connectivity index (χ3n) is 4.51. The maximum absolute atomic E-state index is 13.6. The summed E-state index contributed by atoms with van der Waals surface area (Å²) in [6.45, 7) is 6.22. The first-order valence-corrected chi connectivity index (χ1v) is 9.61. The van der Waals surface area contributed by atoms with Crippen LogP contribution in [0, 0.1) is 26.6 Å². The number of ether oxygens (including phenoxy) is 1. The Hall–Kier alpha value is -3.42. The largest absolute Gasteiger partial charge is 0.484 e. The zero-order valence-corrected chi connectivity index (χ0v) is 17.5. The van der Waals surface area contributed by atoms with Crippen molar-refractivity contribution >= 4 is 11.7 Å². The molecule has 1 N–H and O–H groups in total. The summed E-state index contributed by atoms with van der Waals surface area (Å²) in [7, 11) is 1.64. The number of carbonyl (C=O) groups excluding carboxylic acids is 1. The Kier molecular flexibility index (Phi) is 6.66. The summed E-state index contributed by atoms with van der Waals surface area (Å²) in [4.78, 5) is 18.0. The number of anilines is 1. The summed E-state index contributed by atoms with van der Waals surface area (Å²) < 4.78 is 24.5. The topological polar surface area (TPSA) is 80.5 Å². The van der Waals surface area contributed by atoms with E-state index in [-0.39, 0.29) is 18.5 Å². The Morgan fingerprint density at radius 2 is 1.90 bits per heavy atom. The molecule has 0 bridgehead atoms. The zero-order chi connectivity index (χ0) is 21.7. The highest BCUT2D eigenvalue weighted by molar-refractivity contribution is 5.89. The highest BCUT2D eigenvalue weighted by Crippen LogP contribution is 2.17. The lowest BCUT2D eigenvalue weighted by atomic mass is 10.1. The van der Waals surface area contributed by atoms with E-state index >= 15 is 0 Å². The maximum atomic E-state index is 13.6. The van der Waals surface area contributed by atoms with Gasteiger partial charge in [-0.2, -0.15) is 4.98 Å². The molecule has 0 spiro atoms. The van der Waals surface area contributed by atoms with Crippen molar-refractivity contribution in [1.29, 1.82) is 0 Å². The van der Waals surface area contributed by atoms with Crippen LogP contribution < -0.4 is 10.1 Å². The Bertz CT molecular complexity index is 1010. The van der Waals surface area contributed by atoms with Crippen LogP contribution in [0.4, 0.5) is 14.9 Å². The summed E-state index contributed by atoms with van der Waals surface area (Å²) in [6.07, 6.45) is 0.416. The van der Waals surface area contributed by atoms with E-state index < -0.39 is 0 Å². The van der Waals surface area contributed by atoms with Crippen LogP contribution in [0.15, 0.2) is 40.9 Å². The van der Waals surface area contributed by atoms with E-state index in [9.17, 15) is 9.18 Å². The number of urea groups is 1. The molecule has 3 aromatic rings. The van der Waals surface area contributed by atoms with E-state index in [1.54, 1.807) is 26.1 Å². The molecule has 0 radical (unpaired) electrons. The van der Waals surface area contributed by atoms with E-state index in [0.717, 1.165) is 16.9 Å². The summed E-state index contributed by atoms with van der Waals surface area (Å²) >= 11 is 0. The first-order chi connectivity index (χ1) is 14.3. The third-order valence-corrected chi connectivity index (χ3v) is 4.51. The second-order valence-corrected chi connectivity index (χ2v) is 7.28. The predicted molar refractivity (Wildman–Crippen MR) is 111 cm³/mol. The number of hydrogen-bond donors (Lipinski definition) is 1. The second kappa shape index (κ2) is 9.39. The Balaban J connectivity index is 1.48. The van der Waals surface area contributed by atoms with Crippen LogP contribution in [-0.4, -0.2) is 34.7 Å². The molecule has 1 aromatic heterocycles. The lowest BCUT2D eigenvalue weighted by Gasteiger charge is -2.17. The molecule has 0 unspecified atom stereocenters. The van der Waals surface area contributed by atoms with Crippen molar-refractivity contribution in [3.63, 3.8) is 0 Å². The molecule has 0 atom stereocenters. The average Bonchev–Trinajstić information content (AvgIpc) is 3.14. The normalized spacial score (nSPS) is 10.7. The number of amides is 2. The minimum Gasteiger partial charge on any atom is -0.484 e. The molecule has 30 heavy (non-hydrogen) atoms. The van der Waals surface area contributed by atoms with Crippen molar-refractivity contribution in [1.82, 2.24) is 15.0 Å². The highest BCUT2D eigenvalue weighted by Gasteiger charge is 2.13. The van der Waals surface area contributed by atoms with Crippen molar-refractivity contribution in [2.24, 2.45) is 0 Å². The molecule has 2 amide bonds. The summed E-state index contributed by atoms with van der Waals surface area (Å²) in [6, 6.07) is 10.2. The quantitative estimate of drug-likeness (QED) is 0.621. The van der Waals surface area contributed by atoms with Gasteiger partial charge in [-0.05, 0) is 61.7 Å². The van der Waals surface area contributed by atoms with Crippen molar-refractivity contribution in [3.05, 3.63) is 70.6 Å². The van der Waals surface area contributed by atoms with Crippen molar-refractivity contribution in [2.45, 2.75) is 33.8 Å². The maximum Gasteiger partial charge on any atom is 0.321 e. The van der Waals surface area contributed by atoms with E-state index in [4.69, 9.17) is 9.26 Å². The SMILES string of the molecule is Cc1cc(C)cc(OCc2nc(CCN(C)C(=O)Nc3ccc(C)c(F)c3)no2)c1. The number of hydrogen-bond acceptors (Lipinski definition) is 5. The first-order valence-electron chi connectivity index (χ1n) is 9.61. The van der Waals surface area contributed by atoms with Gasteiger partial charge in [0.25, 0.3) is 5.89 Å². The van der Waals surface area contributed by atoms with Crippen molar-refractivity contribution < 1.29 is 18.4 Å². The fourth-order valence-corrected chi connectivity index (χ4v) is 2.87. The van der Waals surface area contributed by atoms with E-state index in [1.165, 1.54) is 11.0 Å². The number of benzene rings is 2. The fourth-order valence-electron chi connectivity index (χ4n) is 2.87. The van der Waals surface area contributed by atoms with Crippen LogP contribution in [-0.2, 0) is 13.0 Å². The van der Waals surface area contributed by atoms with Gasteiger partial charge in [0.05, 0.1) is 0 Å². The second-order valence-electron chi connectivity index (χ2n) is 7.28. The van der Waals surface area contributed by atoms with Crippen LogP contribution in [0.2, 0.25) is 0 Å². The molecular formula is C22H25FN4O3. The lowest BCUT2D eigenvalue weighted by Crippen LogP contribution is -2.33. The Labute approximate surface area is 174 Å². The van der Waals surface area contributed by atoms with Gasteiger partial charge < -0.3 is 19.5 Å². The van der Waals surface area contributed by atoms with Gasteiger partial charge in [-0.1, -0.05) is 17.3 Å². The lowest BCUT2D eigenvalue weighted by molar-refractivity contribution is 0.222. The van der Waals surface area contributed by atoms with Gasteiger partial charge in [0.15, 0.2) is 12.4 Å². The van der Waals surface area contributed by atoms with Crippen molar-refractivity contribution in [2.75, 3.05) is 18.9 Å². The van der Waals surface area contributed by atoms with Crippen LogP contribution in [0.5, 0.6) is 5.75 Å². The van der Waals surface area contributed by atoms with Gasteiger partial charge in [0.2, 0.25) is 0 Å².